The molecule has 1 atom stereocenters. The molecule has 8 nitrogen and oxygen atoms in total. The number of nitrogens with zero attached hydrogens (tertiary/aromatic N) is 2. The van der Waals surface area contributed by atoms with E-state index in [-0.39, 0.29) is 19.0 Å². The van der Waals surface area contributed by atoms with Gasteiger partial charge in [0.15, 0.2) is 0 Å². The Morgan fingerprint density at radius 3 is 2.38 bits per heavy atom. The molecule has 1 unspecified atom stereocenters. The molecule has 3 N–H and O–H groups in total. The third-order valence-electron chi connectivity index (χ3n) is 3.33. The van der Waals surface area contributed by atoms with Gasteiger partial charge in [0.1, 0.15) is 6.54 Å². The van der Waals surface area contributed by atoms with Crippen molar-refractivity contribution in [3.63, 3.8) is 0 Å². The van der Waals surface area contributed by atoms with Crippen LogP contribution in [-0.4, -0.2) is 76.7 Å². The molecule has 1 heterocycles. The zero-order valence-corrected chi connectivity index (χ0v) is 12.5. The number of aliphatic hydroxyl groups is 1. The molecule has 0 aromatic rings. The van der Waals surface area contributed by atoms with Crippen LogP contribution in [0, 0.1) is 0 Å². The van der Waals surface area contributed by atoms with Crippen molar-refractivity contribution < 1.29 is 24.6 Å². The van der Waals surface area contributed by atoms with Gasteiger partial charge in [-0.1, -0.05) is 0 Å². The number of carbonyl (C=O) groups is 3. The number of aliphatic carboxylic acids is 1. The highest BCUT2D eigenvalue weighted by molar-refractivity contribution is 5.84. The number of hydrogen-bond acceptors (Lipinski definition) is 4. The predicted molar refractivity (Wildman–Crippen MR) is 74.7 cm³/mol. The Morgan fingerprint density at radius 1 is 1.29 bits per heavy atom. The second-order valence-corrected chi connectivity index (χ2v) is 5.67. The van der Waals surface area contributed by atoms with Gasteiger partial charge < -0.3 is 25.3 Å². The van der Waals surface area contributed by atoms with Gasteiger partial charge in [0.05, 0.1) is 12.0 Å². The molecule has 0 radical (unpaired) electrons. The minimum Gasteiger partial charge on any atom is -0.481 e. The average molecular weight is 301 g/mol. The standard InChI is InChI=1S/C13H23N3O5/c1-13(21,7-11(18)19)9-14-12(20)15(2)8-10(17)16-5-3-4-6-16/h21H,3-9H2,1-2H3,(H,14,20)(H,18,19). The Hall–Kier alpha value is -1.83. The maximum absolute atomic E-state index is 11.9. The topological polar surface area (TPSA) is 110 Å². The lowest BCUT2D eigenvalue weighted by Crippen LogP contribution is -2.48. The molecule has 0 saturated carbocycles. The minimum absolute atomic E-state index is 0.0348. The van der Waals surface area contributed by atoms with E-state index >= 15 is 0 Å². The van der Waals surface area contributed by atoms with Crippen LogP contribution in [0.15, 0.2) is 0 Å². The summed E-state index contributed by atoms with van der Waals surface area (Å²) in [7, 11) is 1.48. The van der Waals surface area contributed by atoms with Gasteiger partial charge in [-0.2, -0.15) is 0 Å². The number of hydrogen-bond donors (Lipinski definition) is 3. The monoisotopic (exact) mass is 301 g/mol. The molecule has 1 aliphatic heterocycles. The van der Waals surface area contributed by atoms with Gasteiger partial charge in [0.25, 0.3) is 0 Å². The van der Waals surface area contributed by atoms with Gasteiger partial charge in [-0.05, 0) is 19.8 Å². The van der Waals surface area contributed by atoms with E-state index in [0.717, 1.165) is 25.9 Å². The quantitative estimate of drug-likeness (QED) is 0.611. The molecule has 120 valence electrons. The van der Waals surface area contributed by atoms with Gasteiger partial charge in [-0.25, -0.2) is 4.79 Å². The summed E-state index contributed by atoms with van der Waals surface area (Å²) in [4.78, 5) is 37.2. The Morgan fingerprint density at radius 2 is 1.86 bits per heavy atom. The van der Waals surface area contributed by atoms with Gasteiger partial charge >= 0.3 is 12.0 Å². The molecule has 3 amide bonds. The summed E-state index contributed by atoms with van der Waals surface area (Å²) < 4.78 is 0. The van der Waals surface area contributed by atoms with Gasteiger partial charge in [0.2, 0.25) is 5.91 Å². The molecule has 0 spiro atoms. The van der Waals surface area contributed by atoms with E-state index in [1.807, 2.05) is 0 Å². The molecule has 1 aliphatic rings. The number of likely N-dealkylation sites (tertiary alicyclic amines) is 1. The van der Waals surface area contributed by atoms with Crippen LogP contribution in [0.5, 0.6) is 0 Å². The van der Waals surface area contributed by atoms with Crippen molar-refractivity contribution in [1.82, 2.24) is 15.1 Å². The first kappa shape index (κ1) is 17.2. The van der Waals surface area contributed by atoms with Crippen molar-refractivity contribution in [3.05, 3.63) is 0 Å². The van der Waals surface area contributed by atoms with Crippen LogP contribution < -0.4 is 5.32 Å². The summed E-state index contributed by atoms with van der Waals surface area (Å²) in [6.07, 6.45) is 1.50. The first-order chi connectivity index (χ1) is 9.71. The van der Waals surface area contributed by atoms with Gasteiger partial charge in [0, 0.05) is 26.7 Å². The van der Waals surface area contributed by atoms with Gasteiger partial charge in [-0.3, -0.25) is 9.59 Å². The number of nitrogens with one attached hydrogen (secondary N) is 1. The molecule has 0 aliphatic carbocycles. The molecule has 21 heavy (non-hydrogen) atoms. The van der Waals surface area contributed by atoms with Crippen LogP contribution in [0.25, 0.3) is 0 Å². The van der Waals surface area contributed by atoms with E-state index in [1.54, 1.807) is 4.90 Å². The van der Waals surface area contributed by atoms with Crippen molar-refractivity contribution in [2.75, 3.05) is 33.2 Å². The molecule has 1 fully saturated rings. The summed E-state index contributed by atoms with van der Waals surface area (Å²) in [5, 5.41) is 20.8. The number of carboxylic acids is 1. The van der Waals surface area contributed by atoms with Gasteiger partial charge in [-0.15, -0.1) is 0 Å². The summed E-state index contributed by atoms with van der Waals surface area (Å²) in [5.41, 5.74) is -1.53. The summed E-state index contributed by atoms with van der Waals surface area (Å²) in [6, 6.07) is -0.520. The fourth-order valence-electron chi connectivity index (χ4n) is 2.13. The number of carbonyl (C=O) groups excluding carboxylic acids is 2. The largest absolute Gasteiger partial charge is 0.481 e. The molecular weight excluding hydrogens is 278 g/mol. The third-order valence-corrected chi connectivity index (χ3v) is 3.33. The third kappa shape index (κ3) is 5.99. The second-order valence-electron chi connectivity index (χ2n) is 5.67. The van der Waals surface area contributed by atoms with E-state index in [0.29, 0.717) is 0 Å². The van der Waals surface area contributed by atoms with Crippen molar-refractivity contribution in [2.24, 2.45) is 0 Å². The van der Waals surface area contributed by atoms with Crippen molar-refractivity contribution in [3.8, 4) is 0 Å². The molecule has 8 heteroatoms. The van der Waals surface area contributed by atoms with Crippen LogP contribution in [0.1, 0.15) is 26.2 Å². The van der Waals surface area contributed by atoms with Crippen molar-refractivity contribution in [2.45, 2.75) is 31.8 Å². The van der Waals surface area contributed by atoms with Crippen LogP contribution >= 0.6 is 0 Å². The molecular formula is C13H23N3O5. The Labute approximate surface area is 123 Å². The maximum Gasteiger partial charge on any atom is 0.317 e. The summed E-state index contributed by atoms with van der Waals surface area (Å²) in [6.45, 7) is 2.55. The highest BCUT2D eigenvalue weighted by Crippen LogP contribution is 2.09. The average Bonchev–Trinajstić information content (AvgIpc) is 2.88. The highest BCUT2D eigenvalue weighted by atomic mass is 16.4. The van der Waals surface area contributed by atoms with E-state index in [2.05, 4.69) is 5.32 Å². The number of likely N-dealkylation sites (N-methyl/N-ethyl adjacent to an activating group) is 1. The SMILES string of the molecule is CN(CC(=O)N1CCCC1)C(=O)NCC(C)(O)CC(=O)O. The molecule has 1 rings (SSSR count). The van der Waals surface area contributed by atoms with E-state index in [9.17, 15) is 19.5 Å². The smallest absolute Gasteiger partial charge is 0.317 e. The zero-order valence-electron chi connectivity index (χ0n) is 12.5. The Kier molecular flexibility index (Phi) is 5.95. The van der Waals surface area contributed by atoms with Crippen LogP contribution in [0.2, 0.25) is 0 Å². The second kappa shape index (κ2) is 7.26. The fraction of sp³-hybridized carbons (Fsp3) is 0.769. The normalized spacial score (nSPS) is 17.2. The molecule has 1 saturated heterocycles. The van der Waals surface area contributed by atoms with Crippen LogP contribution in [0.3, 0.4) is 0 Å². The van der Waals surface area contributed by atoms with E-state index in [4.69, 9.17) is 5.11 Å². The predicted octanol–water partition coefficient (Wildman–Crippen LogP) is -0.524. The number of rotatable bonds is 6. The molecule has 0 aromatic carbocycles. The zero-order chi connectivity index (χ0) is 16.0. The minimum atomic E-state index is -1.53. The summed E-state index contributed by atoms with van der Waals surface area (Å²) >= 11 is 0. The van der Waals surface area contributed by atoms with Crippen LogP contribution in [-0.2, 0) is 9.59 Å². The molecule has 0 bridgehead atoms. The maximum atomic E-state index is 11.9. The summed E-state index contributed by atoms with van der Waals surface area (Å²) in [5.74, 6) is -1.26. The first-order valence-electron chi connectivity index (χ1n) is 6.92. The van der Waals surface area contributed by atoms with Crippen molar-refractivity contribution >= 4 is 17.9 Å². The van der Waals surface area contributed by atoms with Crippen LogP contribution in [0.4, 0.5) is 4.79 Å². The molecule has 0 aromatic heterocycles. The Balaban J connectivity index is 2.36. The lowest BCUT2D eigenvalue weighted by Gasteiger charge is -2.25. The number of amides is 3. The number of urea groups is 1. The number of carboxylic acid groups (broad SMARTS) is 1. The van der Waals surface area contributed by atoms with E-state index < -0.39 is 24.0 Å². The van der Waals surface area contributed by atoms with E-state index in [1.165, 1.54) is 18.9 Å². The highest BCUT2D eigenvalue weighted by Gasteiger charge is 2.26. The van der Waals surface area contributed by atoms with Crippen molar-refractivity contribution in [1.29, 1.82) is 0 Å². The Bertz CT molecular complexity index is 405. The lowest BCUT2D eigenvalue weighted by atomic mass is 10.0. The fourth-order valence-corrected chi connectivity index (χ4v) is 2.13. The first-order valence-corrected chi connectivity index (χ1v) is 6.92. The lowest BCUT2D eigenvalue weighted by molar-refractivity contribution is -0.141.